The van der Waals surface area contributed by atoms with Gasteiger partial charge in [0.25, 0.3) is 29.5 Å². The van der Waals surface area contributed by atoms with Crippen LogP contribution in [0.1, 0.15) is 180 Å². The number of amides is 8. The number of unbranched alkanes of at least 4 members (excludes halogenated alkanes) is 6. The van der Waals surface area contributed by atoms with Crippen LogP contribution in [-0.2, 0) is 14.4 Å². The lowest BCUT2D eigenvalue weighted by atomic mass is 9.83. The third-order valence-electron chi connectivity index (χ3n) is 24.0. The Labute approximate surface area is 762 Å². The summed E-state index contributed by atoms with van der Waals surface area (Å²) in [6.07, 6.45) is 21.5. The van der Waals surface area contributed by atoms with Gasteiger partial charge in [-0.1, -0.05) is 42.5 Å². The Morgan fingerprint density at radius 3 is 0.968 bits per heavy atom. The van der Waals surface area contributed by atoms with Crippen LogP contribution in [0.25, 0.3) is 76.2 Å². The number of quaternary nitrogens is 3. The average Bonchev–Trinajstić information content (AvgIpc) is 0.709. The fourth-order valence-electron chi connectivity index (χ4n) is 17.4. The first kappa shape index (κ1) is 93.2. The number of benzene rings is 7. The van der Waals surface area contributed by atoms with Crippen LogP contribution in [0.4, 0.5) is 17.1 Å². The molecule has 7 aromatic carbocycles. The van der Waals surface area contributed by atoms with Gasteiger partial charge >= 0.3 is 0 Å². The van der Waals surface area contributed by atoms with Gasteiger partial charge in [-0.25, -0.2) is 0 Å². The molecular formula is C98H102Br3N15O10. The van der Waals surface area contributed by atoms with Gasteiger partial charge in [-0.05, 0) is 173 Å². The van der Waals surface area contributed by atoms with E-state index in [1.807, 2.05) is 91.0 Å². The summed E-state index contributed by atoms with van der Waals surface area (Å²) >= 11 is 0. The second kappa shape index (κ2) is 41.0. The molecule has 4 N–H and O–H groups in total. The monoisotopic (exact) mass is 1890 g/mol. The minimum atomic E-state index is -0.425. The van der Waals surface area contributed by atoms with E-state index in [-0.39, 0.29) is 105 Å². The number of imide groups is 2. The molecule has 0 atom stereocenters. The molecule has 1 aliphatic carbocycles. The summed E-state index contributed by atoms with van der Waals surface area (Å²) in [5.41, 5.74) is 9.93. The number of carbonyl (C=O) groups excluding carboxylic acids is 10. The van der Waals surface area contributed by atoms with Gasteiger partial charge in [0.15, 0.2) is 11.6 Å². The standard InChI is InChI=1S/C60H62N10O6.C38H37N5O4.3BrH/c1-69(2,33-9-5-7-21-49(71)65-47-37-39-17-11-27-61-53(39)55-41(47)19-13-29-63-55)35-15-31-67-57(73)43-23-25-45-52-46(26-24-44(51(43)52)58(67)74)60(76)68(59(45)75)32-16-36-70(3,4)34-10-6-8-22-50(72)66-48-38-40-18-12-28-62-54(40)56-42(48)20-14-30-64-56;1-43(2,21-7-3-4-15-33(44)42-32-24-25-11-8-18-39-34(25)35-30(32)14-9-19-40-35)22-10-20-41-38(47)26-16-17-29-31(23-26)37(46)28-13-6-5-12-27(28)36(29)45;;;/h11-14,17-20,23-30,37-38H,5-10,15-16,21-22,31-36H2,1-4H3;5-6,8-9,11-14,16-19,23-24H,3-4,7,10,15,20-22H2,1-2H3,(H-,40,41,42,44,47);3*1H. The van der Waals surface area contributed by atoms with E-state index in [0.29, 0.717) is 103 Å². The summed E-state index contributed by atoms with van der Waals surface area (Å²) in [6, 6.07) is 46.8. The van der Waals surface area contributed by atoms with Crippen LogP contribution in [0.5, 0.6) is 0 Å². The van der Waals surface area contributed by atoms with Crippen molar-refractivity contribution in [3.05, 3.63) is 245 Å². The fourth-order valence-corrected chi connectivity index (χ4v) is 17.4. The number of ketones is 2. The number of halogens is 3. The molecule has 13 aromatic rings. The number of hydrogen-bond acceptors (Lipinski definition) is 16. The zero-order chi connectivity index (χ0) is 86.1. The zero-order valence-corrected chi connectivity index (χ0v) is 76.3. The van der Waals surface area contributed by atoms with Crippen molar-refractivity contribution >= 4 is 152 Å². The Kier molecular flexibility index (Phi) is 30.4. The van der Waals surface area contributed by atoms with Crippen molar-refractivity contribution < 1.29 is 112 Å². The highest BCUT2D eigenvalue weighted by molar-refractivity contribution is 6.34. The van der Waals surface area contributed by atoms with Gasteiger partial charge in [0.1, 0.15) is 0 Å². The van der Waals surface area contributed by atoms with E-state index in [0.717, 1.165) is 190 Å². The molecule has 0 radical (unpaired) electrons. The molecule has 6 aromatic heterocycles. The smallest absolute Gasteiger partial charge is 0.261 e. The van der Waals surface area contributed by atoms with Gasteiger partial charge in [-0.2, -0.15) is 0 Å². The molecule has 126 heavy (non-hydrogen) atoms. The minimum absolute atomic E-state index is 0. The van der Waals surface area contributed by atoms with Gasteiger partial charge in [0.2, 0.25) is 17.7 Å². The maximum atomic E-state index is 14.0. The summed E-state index contributed by atoms with van der Waals surface area (Å²) in [4.78, 5) is 163. The first-order chi connectivity index (χ1) is 59.4. The van der Waals surface area contributed by atoms with Crippen LogP contribution in [0, 0.1) is 0 Å². The van der Waals surface area contributed by atoms with E-state index < -0.39 is 23.6 Å². The molecule has 16 rings (SSSR count). The lowest BCUT2D eigenvalue weighted by molar-refractivity contribution is -0.890. The number of anilines is 3. The largest absolute Gasteiger partial charge is 1.00 e. The Morgan fingerprint density at radius 2 is 0.611 bits per heavy atom. The molecule has 650 valence electrons. The molecule has 8 heterocycles. The molecule has 2 aliphatic heterocycles. The molecule has 3 aliphatic rings. The summed E-state index contributed by atoms with van der Waals surface area (Å²) in [5.74, 6) is -2.50. The van der Waals surface area contributed by atoms with E-state index in [1.54, 1.807) is 97.8 Å². The molecule has 0 bridgehead atoms. The van der Waals surface area contributed by atoms with Crippen molar-refractivity contribution in [2.45, 2.75) is 96.3 Å². The van der Waals surface area contributed by atoms with Crippen molar-refractivity contribution in [2.24, 2.45) is 0 Å². The lowest BCUT2D eigenvalue weighted by Gasteiger charge is -2.34. The number of nitrogens with one attached hydrogen (secondary N) is 4. The summed E-state index contributed by atoms with van der Waals surface area (Å²) in [7, 11) is 12.9. The van der Waals surface area contributed by atoms with Gasteiger partial charge in [-0.15, -0.1) is 0 Å². The highest BCUT2D eigenvalue weighted by Crippen LogP contribution is 2.40. The summed E-state index contributed by atoms with van der Waals surface area (Å²) in [6.45, 7) is 6.01. The highest BCUT2D eigenvalue weighted by Gasteiger charge is 2.40. The van der Waals surface area contributed by atoms with Crippen LogP contribution in [0.2, 0.25) is 0 Å². The first-order valence-corrected chi connectivity index (χ1v) is 42.6. The number of fused-ring (bicyclic) bond motifs is 11. The molecule has 25 nitrogen and oxygen atoms in total. The Morgan fingerprint density at radius 1 is 0.310 bits per heavy atom. The maximum absolute atomic E-state index is 14.0. The summed E-state index contributed by atoms with van der Waals surface area (Å²) < 4.78 is 2.18. The average molecular weight is 1890 g/mol. The number of rotatable bonds is 34. The van der Waals surface area contributed by atoms with Crippen molar-refractivity contribution in [2.75, 3.05) is 117 Å². The normalized spacial score (nSPS) is 13.0. The van der Waals surface area contributed by atoms with Gasteiger partial charge in [0, 0.05) is 189 Å². The molecule has 0 saturated heterocycles. The predicted molar refractivity (Wildman–Crippen MR) is 479 cm³/mol. The highest BCUT2D eigenvalue weighted by atomic mass is 79.9. The van der Waals surface area contributed by atoms with Crippen molar-refractivity contribution in [3.63, 3.8) is 0 Å². The fraction of sp³-hybridized carbons (Fsp3) is 0.306. The number of pyridine rings is 6. The molecule has 0 saturated carbocycles. The van der Waals surface area contributed by atoms with Crippen LogP contribution in [0.3, 0.4) is 0 Å². The third-order valence-corrected chi connectivity index (χ3v) is 24.0. The van der Waals surface area contributed by atoms with Gasteiger partial charge in [-0.3, -0.25) is 87.6 Å². The molecule has 0 spiro atoms. The van der Waals surface area contributed by atoms with Crippen molar-refractivity contribution in [1.29, 1.82) is 0 Å². The van der Waals surface area contributed by atoms with E-state index in [2.05, 4.69) is 93.5 Å². The quantitative estimate of drug-likeness (QED) is 0.0144. The first-order valence-electron chi connectivity index (χ1n) is 42.6. The van der Waals surface area contributed by atoms with Crippen LogP contribution in [0.15, 0.2) is 195 Å². The number of hydrogen-bond donors (Lipinski definition) is 4. The number of nitrogens with zero attached hydrogens (tertiary/aromatic N) is 11. The zero-order valence-electron chi connectivity index (χ0n) is 71.6. The lowest BCUT2D eigenvalue weighted by Crippen LogP contribution is -3.00. The minimum Gasteiger partial charge on any atom is -1.00 e. The molecule has 8 amide bonds. The second-order valence-corrected chi connectivity index (χ2v) is 34.3. The SMILES string of the molecule is C[N+](C)(CCCCCC(=O)Nc1cc2cccnc2c2ncccc12)CCCN1C(=O)c2ccc3c4c(ccc(c24)C1=O)C(=O)N(CCC[N+](C)(C)CCCCCC(=O)Nc1cc2cccnc2c2ncccc12)C3=O.C[N+](C)(CCCCCC(=O)Nc1cc2cccnc2c2ncccc12)CCCNC(=O)c1ccc2c(c1)C(=O)c1ccccc1C2=O.[Br-].[Br-].[Br-]. The van der Waals surface area contributed by atoms with Crippen molar-refractivity contribution in [3.8, 4) is 0 Å². The van der Waals surface area contributed by atoms with E-state index in [9.17, 15) is 47.9 Å². The third kappa shape index (κ3) is 20.9. The van der Waals surface area contributed by atoms with E-state index in [1.165, 1.54) is 15.9 Å². The topological polar surface area (TPSA) is 303 Å². The van der Waals surface area contributed by atoms with E-state index >= 15 is 0 Å². The Balaban J connectivity index is 0.000000249. The number of carbonyl (C=O) groups is 10. The van der Waals surface area contributed by atoms with Gasteiger partial charge < -0.3 is 85.7 Å². The summed E-state index contributed by atoms with van der Waals surface area (Å²) in [5, 5.41) is 18.3. The van der Waals surface area contributed by atoms with Crippen LogP contribution < -0.4 is 72.2 Å². The molecular weight excluding hydrogens is 1790 g/mol. The maximum Gasteiger partial charge on any atom is 0.261 e. The van der Waals surface area contributed by atoms with Crippen LogP contribution >= 0.6 is 0 Å². The predicted octanol–water partition coefficient (Wildman–Crippen LogP) is 6.52. The molecule has 28 heteroatoms. The van der Waals surface area contributed by atoms with E-state index in [4.69, 9.17) is 0 Å². The number of aromatic nitrogens is 6. The van der Waals surface area contributed by atoms with Crippen molar-refractivity contribution in [1.82, 2.24) is 45.0 Å². The Bertz CT molecular complexity index is 6100. The Hall–Kier alpha value is -11.9. The van der Waals surface area contributed by atoms with Gasteiger partial charge in [0.05, 0.1) is 132 Å². The second-order valence-electron chi connectivity index (χ2n) is 34.3. The molecule has 0 fully saturated rings. The van der Waals surface area contributed by atoms with Crippen LogP contribution in [-0.4, -0.2) is 213 Å². The molecule has 0 unspecified atom stereocenters.